The number of hydrogen-bond acceptors (Lipinski definition) is 7. The first-order chi connectivity index (χ1) is 11.9. The van der Waals surface area contributed by atoms with Gasteiger partial charge in [0.2, 0.25) is 0 Å². The van der Waals surface area contributed by atoms with Gasteiger partial charge in [-0.2, -0.15) is 0 Å². The number of amides is 1. The summed E-state index contributed by atoms with van der Waals surface area (Å²) in [5.41, 5.74) is 0.223. The maximum absolute atomic E-state index is 12.2. The van der Waals surface area contributed by atoms with E-state index in [0.29, 0.717) is 28.3 Å². The number of benzene rings is 1. The summed E-state index contributed by atoms with van der Waals surface area (Å²) >= 11 is 3.31. The first kappa shape index (κ1) is 18.8. The van der Waals surface area contributed by atoms with Gasteiger partial charge in [0.15, 0.2) is 23.9 Å². The second-order valence-corrected chi connectivity index (χ2v) is 5.72. The van der Waals surface area contributed by atoms with Gasteiger partial charge in [-0.15, -0.1) is 0 Å². The van der Waals surface area contributed by atoms with Gasteiger partial charge < -0.3 is 24.1 Å². The molecule has 1 heterocycles. The molecule has 0 aliphatic heterocycles. The Kier molecular flexibility index (Phi) is 6.40. The molecular formula is C16H17BrN2O6. The van der Waals surface area contributed by atoms with E-state index in [2.05, 4.69) is 26.4 Å². The highest BCUT2D eigenvalue weighted by atomic mass is 79.9. The standard InChI is InChI=1S/C16H17BrN2O6/c1-4-23-12-7-10(6-11(17)15(12)22-3)16(21)24-8-14(20)18-13-5-9(2)25-19-13/h5-7H,4,8H2,1-3H3,(H,18,19,20). The Labute approximate surface area is 152 Å². The SMILES string of the molecule is CCOc1cc(C(=O)OCC(=O)Nc2cc(C)on2)cc(Br)c1OC. The Morgan fingerprint density at radius 2 is 2.08 bits per heavy atom. The molecule has 134 valence electrons. The molecule has 0 saturated carbocycles. The molecule has 0 spiro atoms. The summed E-state index contributed by atoms with van der Waals surface area (Å²) < 4.78 is 21.0. The number of aryl methyl sites for hydroxylation is 1. The Bertz CT molecular complexity index is 774. The van der Waals surface area contributed by atoms with Gasteiger partial charge in [-0.3, -0.25) is 4.79 Å². The van der Waals surface area contributed by atoms with Crippen molar-refractivity contribution in [2.45, 2.75) is 13.8 Å². The zero-order chi connectivity index (χ0) is 18.4. The van der Waals surface area contributed by atoms with E-state index in [0.717, 1.165) is 0 Å². The van der Waals surface area contributed by atoms with Crippen molar-refractivity contribution in [3.05, 3.63) is 34.0 Å². The molecular weight excluding hydrogens is 396 g/mol. The Hall–Kier alpha value is -2.55. The Balaban J connectivity index is 2.01. The van der Waals surface area contributed by atoms with E-state index < -0.39 is 18.5 Å². The lowest BCUT2D eigenvalue weighted by atomic mass is 10.2. The van der Waals surface area contributed by atoms with Crippen LogP contribution < -0.4 is 14.8 Å². The van der Waals surface area contributed by atoms with Crippen molar-refractivity contribution in [3.63, 3.8) is 0 Å². The molecule has 0 aliphatic carbocycles. The predicted molar refractivity (Wildman–Crippen MR) is 92.0 cm³/mol. The first-order valence-electron chi connectivity index (χ1n) is 7.35. The van der Waals surface area contributed by atoms with E-state index in [1.165, 1.54) is 19.2 Å². The van der Waals surface area contributed by atoms with Crippen LogP contribution in [0.2, 0.25) is 0 Å². The summed E-state index contributed by atoms with van der Waals surface area (Å²) in [7, 11) is 1.50. The molecule has 0 saturated heterocycles. The van der Waals surface area contributed by atoms with Gasteiger partial charge in [0.1, 0.15) is 5.76 Å². The van der Waals surface area contributed by atoms with Gasteiger partial charge in [0.25, 0.3) is 5.91 Å². The summed E-state index contributed by atoms with van der Waals surface area (Å²) in [6.07, 6.45) is 0. The largest absolute Gasteiger partial charge is 0.492 e. The third-order valence-electron chi connectivity index (χ3n) is 2.98. The van der Waals surface area contributed by atoms with Crippen LogP contribution in [0.5, 0.6) is 11.5 Å². The van der Waals surface area contributed by atoms with Crippen molar-refractivity contribution in [3.8, 4) is 11.5 Å². The lowest BCUT2D eigenvalue weighted by Crippen LogP contribution is -2.21. The van der Waals surface area contributed by atoms with E-state index >= 15 is 0 Å². The van der Waals surface area contributed by atoms with Crippen LogP contribution >= 0.6 is 15.9 Å². The lowest BCUT2D eigenvalue weighted by molar-refractivity contribution is -0.119. The molecule has 1 amide bonds. The number of carbonyl (C=O) groups is 2. The van der Waals surface area contributed by atoms with Gasteiger partial charge in [0, 0.05) is 6.07 Å². The molecule has 8 nitrogen and oxygen atoms in total. The fourth-order valence-electron chi connectivity index (χ4n) is 1.97. The summed E-state index contributed by atoms with van der Waals surface area (Å²) in [6.45, 7) is 3.45. The number of halogens is 1. The summed E-state index contributed by atoms with van der Waals surface area (Å²) in [4.78, 5) is 23.9. The molecule has 0 fully saturated rings. The number of nitrogens with one attached hydrogen (secondary N) is 1. The van der Waals surface area contributed by atoms with E-state index in [-0.39, 0.29) is 11.4 Å². The number of ether oxygens (including phenoxy) is 3. The first-order valence-corrected chi connectivity index (χ1v) is 8.14. The van der Waals surface area contributed by atoms with E-state index in [9.17, 15) is 9.59 Å². The quantitative estimate of drug-likeness (QED) is 0.697. The minimum absolute atomic E-state index is 0.223. The number of carbonyl (C=O) groups excluding carboxylic acids is 2. The zero-order valence-electron chi connectivity index (χ0n) is 13.9. The van der Waals surface area contributed by atoms with Crippen molar-refractivity contribution >= 4 is 33.6 Å². The van der Waals surface area contributed by atoms with Crippen LogP contribution in [0, 0.1) is 6.92 Å². The van der Waals surface area contributed by atoms with E-state index in [4.69, 9.17) is 18.7 Å². The van der Waals surface area contributed by atoms with Crippen LogP contribution in [0.25, 0.3) is 0 Å². The average molecular weight is 413 g/mol. The summed E-state index contributed by atoms with van der Waals surface area (Å²) in [6, 6.07) is 4.57. The Morgan fingerprint density at radius 3 is 2.68 bits per heavy atom. The van der Waals surface area contributed by atoms with Crippen LogP contribution in [0.15, 0.2) is 27.2 Å². The van der Waals surface area contributed by atoms with Gasteiger partial charge in [-0.1, -0.05) is 5.16 Å². The molecule has 2 aromatic rings. The molecule has 0 unspecified atom stereocenters. The predicted octanol–water partition coefficient (Wildman–Crippen LogP) is 2.95. The molecule has 9 heteroatoms. The number of esters is 1. The second-order valence-electron chi connectivity index (χ2n) is 4.87. The van der Waals surface area contributed by atoms with Crippen LogP contribution in [0.4, 0.5) is 5.82 Å². The van der Waals surface area contributed by atoms with Crippen LogP contribution in [-0.2, 0) is 9.53 Å². The van der Waals surface area contributed by atoms with Crippen molar-refractivity contribution in [2.24, 2.45) is 0 Å². The van der Waals surface area contributed by atoms with Crippen LogP contribution in [0.3, 0.4) is 0 Å². The maximum atomic E-state index is 12.2. The molecule has 0 radical (unpaired) electrons. The van der Waals surface area contributed by atoms with Gasteiger partial charge in [0.05, 0.1) is 23.8 Å². The van der Waals surface area contributed by atoms with Gasteiger partial charge in [-0.05, 0) is 41.9 Å². The highest BCUT2D eigenvalue weighted by Gasteiger charge is 2.17. The zero-order valence-corrected chi connectivity index (χ0v) is 15.5. The average Bonchev–Trinajstić information content (AvgIpc) is 2.97. The molecule has 0 atom stereocenters. The number of anilines is 1. The molecule has 1 N–H and O–H groups in total. The monoisotopic (exact) mass is 412 g/mol. The van der Waals surface area contributed by atoms with Crippen LogP contribution in [0.1, 0.15) is 23.0 Å². The number of hydrogen-bond donors (Lipinski definition) is 1. The normalized spacial score (nSPS) is 10.2. The molecule has 1 aromatic carbocycles. The highest BCUT2D eigenvalue weighted by Crippen LogP contribution is 2.36. The second kappa shape index (κ2) is 8.52. The van der Waals surface area contributed by atoms with Crippen molar-refractivity contribution in [2.75, 3.05) is 25.6 Å². The molecule has 0 bridgehead atoms. The highest BCUT2D eigenvalue weighted by molar-refractivity contribution is 9.10. The Morgan fingerprint density at radius 1 is 1.32 bits per heavy atom. The minimum Gasteiger partial charge on any atom is -0.492 e. The minimum atomic E-state index is -0.671. The number of aromatic nitrogens is 1. The van der Waals surface area contributed by atoms with Crippen molar-refractivity contribution < 1.29 is 28.3 Å². The number of rotatable bonds is 7. The molecule has 1 aromatic heterocycles. The molecule has 0 aliphatic rings. The summed E-state index contributed by atoms with van der Waals surface area (Å²) in [5.74, 6) is 0.477. The smallest absolute Gasteiger partial charge is 0.338 e. The van der Waals surface area contributed by atoms with Crippen LogP contribution in [-0.4, -0.2) is 37.4 Å². The molecule has 2 rings (SSSR count). The fraction of sp³-hybridized carbons (Fsp3) is 0.312. The van der Waals surface area contributed by atoms with Gasteiger partial charge in [-0.25, -0.2) is 4.79 Å². The lowest BCUT2D eigenvalue weighted by Gasteiger charge is -2.13. The van der Waals surface area contributed by atoms with Gasteiger partial charge >= 0.3 is 5.97 Å². The summed E-state index contributed by atoms with van der Waals surface area (Å²) in [5, 5.41) is 6.08. The fourth-order valence-corrected chi connectivity index (χ4v) is 2.57. The topological polar surface area (TPSA) is 99.9 Å². The maximum Gasteiger partial charge on any atom is 0.338 e. The van der Waals surface area contributed by atoms with E-state index in [1.807, 2.05) is 6.92 Å². The third-order valence-corrected chi connectivity index (χ3v) is 3.57. The van der Waals surface area contributed by atoms with E-state index in [1.54, 1.807) is 13.0 Å². The third kappa shape index (κ3) is 4.96. The number of methoxy groups -OCH3 is 1. The molecule has 25 heavy (non-hydrogen) atoms. The van der Waals surface area contributed by atoms with Crippen molar-refractivity contribution in [1.82, 2.24) is 5.16 Å². The number of nitrogens with zero attached hydrogens (tertiary/aromatic N) is 1. The van der Waals surface area contributed by atoms with Crippen molar-refractivity contribution in [1.29, 1.82) is 0 Å².